The average molecular weight is 345 g/mol. The summed E-state index contributed by atoms with van der Waals surface area (Å²) in [6.07, 6.45) is 6.43. The van der Waals surface area contributed by atoms with Gasteiger partial charge in [-0.2, -0.15) is 0 Å². The molecule has 138 valence electrons. The zero-order valence-corrected chi connectivity index (χ0v) is 15.8. The molecule has 0 radical (unpaired) electrons. The quantitative estimate of drug-likeness (QED) is 0.545. The van der Waals surface area contributed by atoms with Gasteiger partial charge in [-0.25, -0.2) is 4.99 Å². The summed E-state index contributed by atoms with van der Waals surface area (Å²) in [6.45, 7) is 7.35. The molecule has 0 saturated heterocycles. The molecular formula is C20H32N4O. The van der Waals surface area contributed by atoms with Crippen molar-refractivity contribution in [2.75, 3.05) is 11.9 Å². The minimum atomic E-state index is -0.0159. The Bertz CT molecular complexity index is 560. The molecule has 1 fully saturated rings. The lowest BCUT2D eigenvalue weighted by molar-refractivity contribution is -0.118. The van der Waals surface area contributed by atoms with Gasteiger partial charge in [0.05, 0.1) is 6.54 Å². The number of benzene rings is 1. The van der Waals surface area contributed by atoms with Crippen LogP contribution in [0.25, 0.3) is 0 Å². The first-order valence-corrected chi connectivity index (χ1v) is 9.53. The summed E-state index contributed by atoms with van der Waals surface area (Å²) in [4.78, 5) is 16.4. The van der Waals surface area contributed by atoms with E-state index in [-0.39, 0.29) is 11.8 Å². The smallest absolute Gasteiger partial charge is 0.226 e. The van der Waals surface area contributed by atoms with Gasteiger partial charge in [-0.15, -0.1) is 0 Å². The molecule has 1 aliphatic carbocycles. The van der Waals surface area contributed by atoms with Gasteiger partial charge in [-0.3, -0.25) is 4.79 Å². The first-order chi connectivity index (χ1) is 12.1. The average Bonchev–Trinajstić information content (AvgIpc) is 2.62. The van der Waals surface area contributed by atoms with Gasteiger partial charge in [0.25, 0.3) is 0 Å². The number of anilines is 1. The molecule has 0 spiro atoms. The van der Waals surface area contributed by atoms with Crippen LogP contribution >= 0.6 is 0 Å². The van der Waals surface area contributed by atoms with Crippen molar-refractivity contribution in [3.63, 3.8) is 0 Å². The number of hydrogen-bond acceptors (Lipinski definition) is 2. The highest BCUT2D eigenvalue weighted by molar-refractivity contribution is 5.92. The van der Waals surface area contributed by atoms with Crippen LogP contribution in [0.15, 0.2) is 29.3 Å². The van der Waals surface area contributed by atoms with E-state index < -0.39 is 0 Å². The van der Waals surface area contributed by atoms with Crippen LogP contribution in [0.5, 0.6) is 0 Å². The van der Waals surface area contributed by atoms with Crippen LogP contribution in [0.2, 0.25) is 0 Å². The molecule has 0 atom stereocenters. The number of rotatable bonds is 6. The van der Waals surface area contributed by atoms with Crippen LogP contribution in [-0.2, 0) is 11.3 Å². The summed E-state index contributed by atoms with van der Waals surface area (Å²) < 4.78 is 0. The Morgan fingerprint density at radius 2 is 1.84 bits per heavy atom. The van der Waals surface area contributed by atoms with E-state index in [4.69, 9.17) is 4.99 Å². The Labute approximate surface area is 151 Å². The lowest BCUT2D eigenvalue weighted by Gasteiger charge is -2.24. The van der Waals surface area contributed by atoms with Gasteiger partial charge < -0.3 is 16.0 Å². The lowest BCUT2D eigenvalue weighted by atomic mass is 9.96. The molecule has 1 aromatic rings. The third kappa shape index (κ3) is 6.77. The molecular weight excluding hydrogens is 312 g/mol. The van der Waals surface area contributed by atoms with Crippen LogP contribution in [0, 0.1) is 5.92 Å². The fourth-order valence-corrected chi connectivity index (χ4v) is 2.91. The summed E-state index contributed by atoms with van der Waals surface area (Å²) in [5.41, 5.74) is 1.96. The van der Waals surface area contributed by atoms with Gasteiger partial charge in [0.2, 0.25) is 5.91 Å². The van der Waals surface area contributed by atoms with Crippen LogP contribution in [0.3, 0.4) is 0 Å². The molecule has 0 aliphatic heterocycles. The lowest BCUT2D eigenvalue weighted by Crippen LogP contribution is -2.44. The van der Waals surface area contributed by atoms with Crippen molar-refractivity contribution in [1.82, 2.24) is 10.6 Å². The number of hydrogen-bond donors (Lipinski definition) is 3. The van der Waals surface area contributed by atoms with E-state index in [1.165, 1.54) is 32.1 Å². The van der Waals surface area contributed by atoms with Crippen LogP contribution in [-0.4, -0.2) is 24.5 Å². The van der Waals surface area contributed by atoms with Gasteiger partial charge >= 0.3 is 0 Å². The van der Waals surface area contributed by atoms with E-state index >= 15 is 0 Å². The maximum atomic E-state index is 11.7. The summed E-state index contributed by atoms with van der Waals surface area (Å²) in [6, 6.07) is 8.45. The van der Waals surface area contributed by atoms with Gasteiger partial charge in [0.1, 0.15) is 0 Å². The first-order valence-electron chi connectivity index (χ1n) is 9.53. The molecule has 5 nitrogen and oxygen atoms in total. The highest BCUT2D eigenvalue weighted by Crippen LogP contribution is 2.17. The Kier molecular flexibility index (Phi) is 7.76. The van der Waals surface area contributed by atoms with Crippen LogP contribution in [0.1, 0.15) is 58.4 Å². The highest BCUT2D eigenvalue weighted by Gasteiger charge is 2.14. The second-order valence-corrected chi connectivity index (χ2v) is 7.02. The number of guanidine groups is 1. The van der Waals surface area contributed by atoms with E-state index in [2.05, 4.69) is 22.9 Å². The van der Waals surface area contributed by atoms with E-state index in [1.54, 1.807) is 0 Å². The molecule has 3 N–H and O–H groups in total. The molecule has 0 bridgehead atoms. The molecule has 2 rings (SSSR count). The van der Waals surface area contributed by atoms with E-state index in [9.17, 15) is 4.79 Å². The Morgan fingerprint density at radius 1 is 1.16 bits per heavy atom. The third-order valence-corrected chi connectivity index (χ3v) is 4.46. The molecule has 0 unspecified atom stereocenters. The van der Waals surface area contributed by atoms with Crippen molar-refractivity contribution in [1.29, 1.82) is 0 Å². The predicted octanol–water partition coefficient (Wildman–Crippen LogP) is 3.67. The standard InChI is InChI=1S/C20H32N4O/c1-4-21-20(24-17-8-6-5-7-9-17)22-14-16-10-12-18(13-11-16)23-19(25)15(2)3/h10-13,15,17H,4-9,14H2,1-3H3,(H,23,25)(H2,21,22,24). The number of nitrogens with one attached hydrogen (secondary N) is 3. The van der Waals surface area contributed by atoms with Crippen molar-refractivity contribution in [3.8, 4) is 0 Å². The topological polar surface area (TPSA) is 65.5 Å². The van der Waals surface area contributed by atoms with Crippen molar-refractivity contribution in [2.45, 2.75) is 65.5 Å². The predicted molar refractivity (Wildman–Crippen MR) is 105 cm³/mol. The molecule has 5 heteroatoms. The fourth-order valence-electron chi connectivity index (χ4n) is 2.91. The number of carbonyl (C=O) groups excluding carboxylic acids is 1. The third-order valence-electron chi connectivity index (χ3n) is 4.46. The summed E-state index contributed by atoms with van der Waals surface area (Å²) in [5.74, 6) is 0.918. The fraction of sp³-hybridized carbons (Fsp3) is 0.600. The normalized spacial score (nSPS) is 15.9. The first kappa shape index (κ1) is 19.3. The second kappa shape index (κ2) is 10.1. The molecule has 25 heavy (non-hydrogen) atoms. The Balaban J connectivity index is 1.91. The minimum absolute atomic E-state index is 0.0159. The summed E-state index contributed by atoms with van der Waals surface area (Å²) in [5, 5.41) is 9.80. The van der Waals surface area contributed by atoms with E-state index in [0.29, 0.717) is 12.6 Å². The van der Waals surface area contributed by atoms with Gasteiger partial charge in [-0.1, -0.05) is 45.2 Å². The SMILES string of the molecule is CCNC(=NCc1ccc(NC(=O)C(C)C)cc1)NC1CCCCC1. The molecule has 1 aliphatic rings. The molecule has 0 aromatic heterocycles. The Hall–Kier alpha value is -2.04. The van der Waals surface area contributed by atoms with Gasteiger partial charge in [0.15, 0.2) is 5.96 Å². The van der Waals surface area contributed by atoms with Crippen LogP contribution < -0.4 is 16.0 Å². The number of amides is 1. The molecule has 0 heterocycles. The van der Waals surface area contributed by atoms with Crippen LogP contribution in [0.4, 0.5) is 5.69 Å². The monoisotopic (exact) mass is 344 g/mol. The summed E-state index contributed by atoms with van der Waals surface area (Å²) in [7, 11) is 0. The molecule has 1 saturated carbocycles. The second-order valence-electron chi connectivity index (χ2n) is 7.02. The molecule has 1 amide bonds. The van der Waals surface area contributed by atoms with E-state index in [1.807, 2.05) is 38.1 Å². The van der Waals surface area contributed by atoms with Gasteiger partial charge in [0, 0.05) is 24.2 Å². The van der Waals surface area contributed by atoms with Crippen molar-refractivity contribution >= 4 is 17.6 Å². The van der Waals surface area contributed by atoms with Crippen molar-refractivity contribution in [2.24, 2.45) is 10.9 Å². The Morgan fingerprint density at radius 3 is 2.44 bits per heavy atom. The largest absolute Gasteiger partial charge is 0.357 e. The minimum Gasteiger partial charge on any atom is -0.357 e. The van der Waals surface area contributed by atoms with Gasteiger partial charge in [-0.05, 0) is 37.5 Å². The number of aliphatic imine (C=N–C) groups is 1. The zero-order valence-electron chi connectivity index (χ0n) is 15.8. The highest BCUT2D eigenvalue weighted by atomic mass is 16.1. The maximum absolute atomic E-state index is 11.7. The van der Waals surface area contributed by atoms with Crippen molar-refractivity contribution < 1.29 is 4.79 Å². The number of carbonyl (C=O) groups is 1. The zero-order chi connectivity index (χ0) is 18.1. The van der Waals surface area contributed by atoms with E-state index in [0.717, 1.165) is 23.8 Å². The molecule has 1 aromatic carbocycles. The number of nitrogens with zero attached hydrogens (tertiary/aromatic N) is 1. The maximum Gasteiger partial charge on any atom is 0.226 e. The summed E-state index contributed by atoms with van der Waals surface area (Å²) >= 11 is 0. The van der Waals surface area contributed by atoms with Crippen molar-refractivity contribution in [3.05, 3.63) is 29.8 Å².